The van der Waals surface area contributed by atoms with E-state index in [2.05, 4.69) is 5.32 Å². The first kappa shape index (κ1) is 31.5. The largest absolute Gasteiger partial charge is 0.352 e. The molecular formula is C30H35Cl2N3O4S. The molecule has 2 atom stereocenters. The van der Waals surface area contributed by atoms with Gasteiger partial charge in [0.25, 0.3) is 10.0 Å². The van der Waals surface area contributed by atoms with Crippen molar-refractivity contribution in [3.63, 3.8) is 0 Å². The maximum absolute atomic E-state index is 14.0. The first-order chi connectivity index (χ1) is 18.8. The molecule has 0 aliphatic rings. The average molecular weight is 605 g/mol. The van der Waals surface area contributed by atoms with Gasteiger partial charge in [0, 0.05) is 22.6 Å². The Labute approximate surface area is 247 Å². The molecule has 3 aromatic rings. The van der Waals surface area contributed by atoms with Crippen molar-refractivity contribution < 1.29 is 18.0 Å². The molecule has 0 aliphatic heterocycles. The summed E-state index contributed by atoms with van der Waals surface area (Å²) in [5.41, 5.74) is 2.82. The Morgan fingerprint density at radius 1 is 0.925 bits per heavy atom. The minimum Gasteiger partial charge on any atom is -0.352 e. The fourth-order valence-electron chi connectivity index (χ4n) is 4.07. The highest BCUT2D eigenvalue weighted by molar-refractivity contribution is 7.92. The van der Waals surface area contributed by atoms with Gasteiger partial charge in [-0.2, -0.15) is 0 Å². The predicted molar refractivity (Wildman–Crippen MR) is 161 cm³/mol. The first-order valence-electron chi connectivity index (χ1n) is 13.0. The molecule has 40 heavy (non-hydrogen) atoms. The maximum atomic E-state index is 14.0. The molecule has 2 unspecified atom stereocenters. The van der Waals surface area contributed by atoms with Gasteiger partial charge in [-0.1, -0.05) is 72.1 Å². The summed E-state index contributed by atoms with van der Waals surface area (Å²) in [6.45, 7) is 8.80. The van der Waals surface area contributed by atoms with E-state index in [0.29, 0.717) is 0 Å². The average Bonchev–Trinajstić information content (AvgIpc) is 2.90. The number of benzene rings is 3. The summed E-state index contributed by atoms with van der Waals surface area (Å²) in [5.74, 6) is -0.878. The molecule has 0 fully saturated rings. The third-order valence-electron chi connectivity index (χ3n) is 6.79. The summed E-state index contributed by atoms with van der Waals surface area (Å²) in [7, 11) is -4.21. The molecule has 0 bridgehead atoms. The highest BCUT2D eigenvalue weighted by Gasteiger charge is 2.33. The molecule has 0 saturated heterocycles. The van der Waals surface area contributed by atoms with Crippen LogP contribution in [0.25, 0.3) is 0 Å². The van der Waals surface area contributed by atoms with Crippen LogP contribution in [-0.2, 0) is 26.2 Å². The lowest BCUT2D eigenvalue weighted by atomic mass is 10.1. The molecule has 7 nitrogen and oxygen atoms in total. The van der Waals surface area contributed by atoms with Crippen molar-refractivity contribution in [1.29, 1.82) is 0 Å². The fourth-order valence-corrected chi connectivity index (χ4v) is 5.98. The number of sulfonamides is 1. The zero-order valence-corrected chi connectivity index (χ0v) is 25.6. The summed E-state index contributed by atoms with van der Waals surface area (Å²) < 4.78 is 28.8. The summed E-state index contributed by atoms with van der Waals surface area (Å²) in [5, 5.41) is 3.37. The Bertz CT molecular complexity index is 1440. The lowest BCUT2D eigenvalue weighted by molar-refractivity contribution is -0.139. The second-order valence-electron chi connectivity index (χ2n) is 9.89. The standard InChI is InChI=1S/C30H35Cl2N3O4S/c1-6-22(4)33-30(37)23(5)34(18-24-10-8-7-9-21(24)3)29(36)19-35(27-16-25(31)15-26(32)17-27)40(38,39)28-13-11-20(2)12-14-28/h7-17,22-23H,6,18-19H2,1-5H3,(H,33,37). The van der Waals surface area contributed by atoms with Crippen LogP contribution in [0.4, 0.5) is 5.69 Å². The summed E-state index contributed by atoms with van der Waals surface area (Å²) in [6.07, 6.45) is 0.725. The second-order valence-corrected chi connectivity index (χ2v) is 12.6. The molecule has 0 spiro atoms. The van der Waals surface area contributed by atoms with E-state index in [4.69, 9.17) is 23.2 Å². The van der Waals surface area contributed by atoms with Gasteiger partial charge in [-0.15, -0.1) is 0 Å². The van der Waals surface area contributed by atoms with Crippen molar-refractivity contribution in [1.82, 2.24) is 10.2 Å². The van der Waals surface area contributed by atoms with Crippen LogP contribution >= 0.6 is 23.2 Å². The van der Waals surface area contributed by atoms with Crippen molar-refractivity contribution in [2.75, 3.05) is 10.8 Å². The van der Waals surface area contributed by atoms with Crippen LogP contribution in [0.15, 0.2) is 71.6 Å². The monoisotopic (exact) mass is 603 g/mol. The molecule has 3 rings (SSSR count). The molecule has 2 amide bonds. The SMILES string of the molecule is CCC(C)NC(=O)C(C)N(Cc1ccccc1C)C(=O)CN(c1cc(Cl)cc(Cl)c1)S(=O)(=O)c1ccc(C)cc1. The van der Waals surface area contributed by atoms with E-state index in [-0.39, 0.29) is 39.1 Å². The van der Waals surface area contributed by atoms with Crippen LogP contribution < -0.4 is 9.62 Å². The summed E-state index contributed by atoms with van der Waals surface area (Å²) in [6, 6.07) is 17.3. The number of amides is 2. The summed E-state index contributed by atoms with van der Waals surface area (Å²) in [4.78, 5) is 28.6. The molecule has 0 heterocycles. The van der Waals surface area contributed by atoms with Gasteiger partial charge >= 0.3 is 0 Å². The van der Waals surface area contributed by atoms with E-state index in [1.54, 1.807) is 19.1 Å². The lowest BCUT2D eigenvalue weighted by Gasteiger charge is -2.33. The van der Waals surface area contributed by atoms with Gasteiger partial charge in [0.05, 0.1) is 10.6 Å². The number of rotatable bonds is 11. The Balaban J connectivity index is 2.07. The zero-order valence-electron chi connectivity index (χ0n) is 23.3. The quantitative estimate of drug-likeness (QED) is 0.285. The third-order valence-corrected chi connectivity index (χ3v) is 9.02. The van der Waals surface area contributed by atoms with Gasteiger partial charge in [-0.25, -0.2) is 8.42 Å². The maximum Gasteiger partial charge on any atom is 0.264 e. The summed E-state index contributed by atoms with van der Waals surface area (Å²) >= 11 is 12.5. The van der Waals surface area contributed by atoms with Crippen molar-refractivity contribution in [3.05, 3.63) is 93.5 Å². The van der Waals surface area contributed by atoms with E-state index >= 15 is 0 Å². The van der Waals surface area contributed by atoms with Gasteiger partial charge in [-0.05, 0) is 75.6 Å². The fraction of sp³-hybridized carbons (Fsp3) is 0.333. The van der Waals surface area contributed by atoms with E-state index in [0.717, 1.165) is 27.4 Å². The topological polar surface area (TPSA) is 86.8 Å². The van der Waals surface area contributed by atoms with Crippen LogP contribution in [0.2, 0.25) is 10.0 Å². The number of hydrogen-bond acceptors (Lipinski definition) is 4. The molecule has 3 aromatic carbocycles. The number of carbonyl (C=O) groups is 2. The van der Waals surface area contributed by atoms with E-state index < -0.39 is 28.5 Å². The highest BCUT2D eigenvalue weighted by Crippen LogP contribution is 2.30. The Hall–Kier alpha value is -3.07. The third kappa shape index (κ3) is 7.77. The van der Waals surface area contributed by atoms with Crippen LogP contribution in [0.1, 0.15) is 43.9 Å². The molecule has 214 valence electrons. The molecular weight excluding hydrogens is 569 g/mol. The van der Waals surface area contributed by atoms with Gasteiger partial charge in [0.15, 0.2) is 0 Å². The molecule has 1 N–H and O–H groups in total. The smallest absolute Gasteiger partial charge is 0.264 e. The van der Waals surface area contributed by atoms with Crippen molar-refractivity contribution >= 4 is 50.7 Å². The Kier molecular flexibility index (Phi) is 10.6. The minimum absolute atomic E-state index is 0.00927. The Morgan fingerprint density at radius 3 is 2.10 bits per heavy atom. The Morgan fingerprint density at radius 2 is 1.52 bits per heavy atom. The van der Waals surface area contributed by atoms with E-state index in [1.165, 1.54) is 35.2 Å². The number of halogens is 2. The molecule has 0 radical (unpaired) electrons. The van der Waals surface area contributed by atoms with Gasteiger partial charge in [0.2, 0.25) is 11.8 Å². The molecule has 0 aromatic heterocycles. The van der Waals surface area contributed by atoms with Crippen LogP contribution in [0.5, 0.6) is 0 Å². The van der Waals surface area contributed by atoms with E-state index in [9.17, 15) is 18.0 Å². The number of anilines is 1. The number of nitrogens with one attached hydrogen (secondary N) is 1. The highest BCUT2D eigenvalue weighted by atomic mass is 35.5. The zero-order chi connectivity index (χ0) is 29.6. The van der Waals surface area contributed by atoms with Crippen molar-refractivity contribution in [2.24, 2.45) is 0 Å². The van der Waals surface area contributed by atoms with Crippen LogP contribution in [0, 0.1) is 13.8 Å². The van der Waals surface area contributed by atoms with Crippen LogP contribution in [0.3, 0.4) is 0 Å². The van der Waals surface area contributed by atoms with Gasteiger partial charge in [0.1, 0.15) is 12.6 Å². The predicted octanol–water partition coefficient (Wildman–Crippen LogP) is 6.14. The second kappa shape index (κ2) is 13.5. The number of nitrogens with zero attached hydrogens (tertiary/aromatic N) is 2. The molecule has 10 heteroatoms. The van der Waals surface area contributed by atoms with Crippen molar-refractivity contribution in [2.45, 2.75) is 64.6 Å². The van der Waals surface area contributed by atoms with E-state index in [1.807, 2.05) is 52.0 Å². The molecule has 0 saturated carbocycles. The molecule has 0 aliphatic carbocycles. The van der Waals surface area contributed by atoms with Gasteiger partial charge < -0.3 is 10.2 Å². The number of hydrogen-bond donors (Lipinski definition) is 1. The van der Waals surface area contributed by atoms with Gasteiger partial charge in [-0.3, -0.25) is 13.9 Å². The first-order valence-corrected chi connectivity index (χ1v) is 15.2. The van der Waals surface area contributed by atoms with Crippen LogP contribution in [-0.4, -0.2) is 43.8 Å². The van der Waals surface area contributed by atoms with Crippen molar-refractivity contribution in [3.8, 4) is 0 Å². The minimum atomic E-state index is -4.21. The lowest BCUT2D eigenvalue weighted by Crippen LogP contribution is -2.52. The number of carbonyl (C=O) groups excluding carboxylic acids is 2. The number of aryl methyl sites for hydroxylation is 2. The normalized spacial score (nSPS) is 12.9.